The van der Waals surface area contributed by atoms with Crippen LogP contribution in [0.2, 0.25) is 0 Å². The molecule has 13 rings (SSSR count). The Bertz CT molecular complexity index is 3810. The Kier molecular flexibility index (Phi) is 8.99. The van der Waals surface area contributed by atoms with Crippen LogP contribution in [0.4, 0.5) is 17.1 Å². The molecule has 2 heteroatoms. The maximum absolute atomic E-state index is 6.71. The van der Waals surface area contributed by atoms with Crippen LogP contribution >= 0.6 is 0 Å². The highest BCUT2D eigenvalue weighted by Crippen LogP contribution is 2.64. The Morgan fingerprint density at radius 1 is 0.362 bits per heavy atom. The second-order valence-electron chi connectivity index (χ2n) is 21.3. The van der Waals surface area contributed by atoms with Crippen molar-refractivity contribution in [1.82, 2.24) is 0 Å². The maximum atomic E-state index is 6.71. The average Bonchev–Trinajstić information content (AvgIpc) is 3.99. The Balaban J connectivity index is 1.12. The summed E-state index contributed by atoms with van der Waals surface area (Å²) in [6.07, 6.45) is 0. The molecule has 1 aromatic heterocycles. The van der Waals surface area contributed by atoms with Crippen molar-refractivity contribution < 1.29 is 4.42 Å². The van der Waals surface area contributed by atoms with Gasteiger partial charge in [0.15, 0.2) is 0 Å². The summed E-state index contributed by atoms with van der Waals surface area (Å²) in [5, 5.41) is 4.60. The number of para-hydroxylation sites is 2. The molecule has 0 bridgehead atoms. The number of fused-ring (bicyclic) bond motifs is 14. The lowest BCUT2D eigenvalue weighted by Gasteiger charge is -2.34. The van der Waals surface area contributed by atoms with Crippen LogP contribution in [0.3, 0.4) is 0 Å². The molecule has 0 amide bonds. The van der Waals surface area contributed by atoms with Crippen molar-refractivity contribution in [2.75, 3.05) is 4.90 Å². The number of hydrogen-bond acceptors (Lipinski definition) is 2. The summed E-state index contributed by atoms with van der Waals surface area (Å²) < 4.78 is 6.71. The molecule has 0 saturated carbocycles. The number of furan rings is 1. The van der Waals surface area contributed by atoms with Crippen LogP contribution in [0, 0.1) is 0 Å². The van der Waals surface area contributed by atoms with Crippen molar-refractivity contribution in [3.63, 3.8) is 0 Å². The zero-order valence-corrected chi connectivity index (χ0v) is 40.1. The first-order chi connectivity index (χ1) is 33.5. The lowest BCUT2D eigenvalue weighted by atomic mass is 9.68. The summed E-state index contributed by atoms with van der Waals surface area (Å²) in [5.74, 6) is 0. The van der Waals surface area contributed by atoms with E-state index in [1.807, 2.05) is 0 Å². The molecule has 0 fully saturated rings. The van der Waals surface area contributed by atoms with Crippen molar-refractivity contribution in [2.45, 2.75) is 57.8 Å². The summed E-state index contributed by atoms with van der Waals surface area (Å²) in [5.41, 5.74) is 22.3. The van der Waals surface area contributed by atoms with Gasteiger partial charge in [-0.25, -0.2) is 0 Å². The molecule has 2 aliphatic rings. The monoisotopic (exact) mass is 887 g/mol. The third kappa shape index (κ3) is 6.18. The molecule has 0 aliphatic heterocycles. The lowest BCUT2D eigenvalue weighted by molar-refractivity contribution is 0.586. The summed E-state index contributed by atoms with van der Waals surface area (Å²) in [6, 6.07) is 79.4. The molecule has 0 saturated heterocycles. The predicted octanol–water partition coefficient (Wildman–Crippen LogP) is 18.5. The molecule has 0 radical (unpaired) electrons. The zero-order valence-electron chi connectivity index (χ0n) is 40.1. The molecule has 2 aliphatic carbocycles. The summed E-state index contributed by atoms with van der Waals surface area (Å²) >= 11 is 0. The first-order valence-electron chi connectivity index (χ1n) is 24.4. The van der Waals surface area contributed by atoms with Gasteiger partial charge in [-0.3, -0.25) is 0 Å². The Labute approximate surface area is 405 Å². The number of hydrogen-bond donors (Lipinski definition) is 0. The highest BCUT2D eigenvalue weighted by molar-refractivity contribution is 6.17. The highest BCUT2D eigenvalue weighted by atomic mass is 16.3. The van der Waals surface area contributed by atoms with Gasteiger partial charge in [-0.05, 0) is 131 Å². The van der Waals surface area contributed by atoms with Crippen molar-refractivity contribution in [3.8, 4) is 44.5 Å². The van der Waals surface area contributed by atoms with Crippen LogP contribution in [0.25, 0.3) is 77.2 Å². The largest absolute Gasteiger partial charge is 0.456 e. The van der Waals surface area contributed by atoms with Gasteiger partial charge >= 0.3 is 0 Å². The van der Waals surface area contributed by atoms with Gasteiger partial charge < -0.3 is 9.32 Å². The molecular weight excluding hydrogens is 835 g/mol. The summed E-state index contributed by atoms with van der Waals surface area (Å²) in [4.78, 5) is 2.53. The third-order valence-electron chi connectivity index (χ3n) is 15.2. The number of nitrogens with zero attached hydrogens (tertiary/aromatic N) is 1. The summed E-state index contributed by atoms with van der Waals surface area (Å²) in [7, 11) is 0. The van der Waals surface area contributed by atoms with Crippen LogP contribution in [0.1, 0.15) is 74.9 Å². The highest BCUT2D eigenvalue weighted by Gasteiger charge is 2.52. The Morgan fingerprint density at radius 2 is 0.870 bits per heavy atom. The maximum Gasteiger partial charge on any atom is 0.136 e. The van der Waals surface area contributed by atoms with Crippen molar-refractivity contribution in [1.29, 1.82) is 0 Å². The summed E-state index contributed by atoms with van der Waals surface area (Å²) in [6.45, 7) is 14.0. The minimum Gasteiger partial charge on any atom is -0.456 e. The number of benzene rings is 10. The topological polar surface area (TPSA) is 16.4 Å². The van der Waals surface area contributed by atoms with Crippen LogP contribution in [0.15, 0.2) is 217 Å². The SMILES string of the molecule is CC(C)(C)c1ccc2c(c1)C1(c3ccccc3-c3ccc(N(c4ccccc4-c4ccccc4)c4ccccc4-c4cccc5oc6cc7ccccc7cc6c45)cc31)c1cc(C(C)(C)C)ccc1-2. The van der Waals surface area contributed by atoms with E-state index in [1.54, 1.807) is 0 Å². The van der Waals surface area contributed by atoms with Gasteiger partial charge in [0.2, 0.25) is 0 Å². The molecule has 69 heavy (non-hydrogen) atoms. The fourth-order valence-corrected chi connectivity index (χ4v) is 11.8. The van der Waals surface area contributed by atoms with Crippen LogP contribution in [-0.4, -0.2) is 0 Å². The smallest absolute Gasteiger partial charge is 0.136 e. The molecule has 2 nitrogen and oxygen atoms in total. The van der Waals surface area contributed by atoms with Gasteiger partial charge in [0.1, 0.15) is 11.2 Å². The molecule has 332 valence electrons. The first-order valence-corrected chi connectivity index (χ1v) is 24.4. The minimum absolute atomic E-state index is 0.0394. The molecular formula is C67H53NO. The molecule has 0 N–H and O–H groups in total. The third-order valence-corrected chi connectivity index (χ3v) is 15.2. The van der Waals surface area contributed by atoms with E-state index < -0.39 is 5.41 Å². The lowest BCUT2D eigenvalue weighted by Crippen LogP contribution is -2.27. The molecule has 0 atom stereocenters. The number of anilines is 3. The fourth-order valence-electron chi connectivity index (χ4n) is 11.8. The van der Waals surface area contributed by atoms with Crippen LogP contribution in [-0.2, 0) is 16.2 Å². The van der Waals surface area contributed by atoms with Gasteiger partial charge in [0.05, 0.1) is 16.8 Å². The quantitative estimate of drug-likeness (QED) is 0.171. The standard InChI is InChI=1S/C67H53NO/c1-65(2,3)45-31-34-50-51-35-32-46(66(4,5)6)40-58(51)67(57(50)39-45)56-27-15-12-24-49(56)52-36-33-47(41-59(52)67)68(60-28-16-13-23-48(60)42-19-8-7-9-20-42)61-29-17-14-25-53(61)54-26-18-30-62-64(54)55-37-43-21-10-11-22-44(43)38-63(55)69-62/h7-41H,1-6H3. The van der Waals surface area contributed by atoms with E-state index in [0.717, 1.165) is 55.7 Å². The van der Waals surface area contributed by atoms with E-state index in [4.69, 9.17) is 4.42 Å². The second kappa shape index (κ2) is 15.0. The zero-order chi connectivity index (χ0) is 46.8. The molecule has 1 heterocycles. The van der Waals surface area contributed by atoms with Crippen LogP contribution in [0.5, 0.6) is 0 Å². The van der Waals surface area contributed by atoms with E-state index in [-0.39, 0.29) is 10.8 Å². The number of rotatable bonds is 5. The van der Waals surface area contributed by atoms with E-state index >= 15 is 0 Å². The fraction of sp³-hybridized carbons (Fsp3) is 0.134. The molecule has 10 aromatic carbocycles. The van der Waals surface area contributed by atoms with Gasteiger partial charge in [0, 0.05) is 27.6 Å². The van der Waals surface area contributed by atoms with Gasteiger partial charge in [-0.1, -0.05) is 211 Å². The van der Waals surface area contributed by atoms with Crippen molar-refractivity contribution in [2.24, 2.45) is 0 Å². The van der Waals surface area contributed by atoms with Crippen molar-refractivity contribution >= 4 is 49.8 Å². The van der Waals surface area contributed by atoms with Gasteiger partial charge in [-0.15, -0.1) is 0 Å². The van der Waals surface area contributed by atoms with Gasteiger partial charge in [-0.2, -0.15) is 0 Å². The second-order valence-corrected chi connectivity index (χ2v) is 21.3. The predicted molar refractivity (Wildman–Crippen MR) is 290 cm³/mol. The van der Waals surface area contributed by atoms with Crippen LogP contribution < -0.4 is 4.90 Å². The minimum atomic E-state index is -0.552. The van der Waals surface area contributed by atoms with E-state index in [0.29, 0.717) is 0 Å². The molecule has 1 spiro atoms. The average molecular weight is 888 g/mol. The molecule has 0 unspecified atom stereocenters. The normalized spacial score (nSPS) is 13.5. The van der Waals surface area contributed by atoms with E-state index in [1.165, 1.54) is 72.0 Å². The van der Waals surface area contributed by atoms with Gasteiger partial charge in [0.25, 0.3) is 0 Å². The van der Waals surface area contributed by atoms with Crippen molar-refractivity contribution in [3.05, 3.63) is 246 Å². The van der Waals surface area contributed by atoms with E-state index in [9.17, 15) is 0 Å². The van der Waals surface area contributed by atoms with E-state index in [2.05, 4.69) is 259 Å². The molecule has 11 aromatic rings. The Morgan fingerprint density at radius 3 is 1.54 bits per heavy atom. The Hall–Kier alpha value is -7.94. The first kappa shape index (κ1) is 41.3.